The molecule has 1 aromatic heterocycles. The minimum Gasteiger partial charge on any atom is -0.480 e. The second-order valence-corrected chi connectivity index (χ2v) is 4.92. The molecule has 1 rings (SSSR count). The molecule has 0 atom stereocenters. The Hall–Kier alpha value is -2.11. The summed E-state index contributed by atoms with van der Waals surface area (Å²) >= 11 is 0. The molecule has 0 aliphatic carbocycles. The Morgan fingerprint density at radius 3 is 2.47 bits per heavy atom. The lowest BCUT2D eigenvalue weighted by Gasteiger charge is -2.34. The standard InChI is InChI=1S/C13H19N3O3/c1-13(2,11(17)18)16(4)12(19)15(3)9-10-6-5-7-14-8-10/h5-8H,9H2,1-4H3,(H,17,18). The molecule has 0 spiro atoms. The van der Waals surface area contributed by atoms with Crippen molar-refractivity contribution < 1.29 is 14.7 Å². The topological polar surface area (TPSA) is 73.7 Å². The van der Waals surface area contributed by atoms with Crippen molar-refractivity contribution in [3.8, 4) is 0 Å². The van der Waals surface area contributed by atoms with Gasteiger partial charge in [0.15, 0.2) is 0 Å². The number of pyridine rings is 1. The van der Waals surface area contributed by atoms with Gasteiger partial charge in [-0.25, -0.2) is 9.59 Å². The van der Waals surface area contributed by atoms with Gasteiger partial charge in [0.2, 0.25) is 0 Å². The van der Waals surface area contributed by atoms with Crippen molar-refractivity contribution in [1.82, 2.24) is 14.8 Å². The maximum absolute atomic E-state index is 12.2. The van der Waals surface area contributed by atoms with Crippen molar-refractivity contribution in [2.45, 2.75) is 25.9 Å². The van der Waals surface area contributed by atoms with Crippen molar-refractivity contribution >= 4 is 12.0 Å². The highest BCUT2D eigenvalue weighted by atomic mass is 16.4. The van der Waals surface area contributed by atoms with Crippen LogP contribution >= 0.6 is 0 Å². The molecule has 104 valence electrons. The lowest BCUT2D eigenvalue weighted by molar-refractivity contribution is -0.147. The minimum atomic E-state index is -1.25. The van der Waals surface area contributed by atoms with Crippen molar-refractivity contribution in [3.63, 3.8) is 0 Å². The molecular weight excluding hydrogens is 246 g/mol. The zero-order valence-electron chi connectivity index (χ0n) is 11.6. The summed E-state index contributed by atoms with van der Waals surface area (Å²) in [6.07, 6.45) is 3.33. The Morgan fingerprint density at radius 2 is 2.00 bits per heavy atom. The first-order chi connectivity index (χ1) is 8.76. The highest BCUT2D eigenvalue weighted by Gasteiger charge is 2.36. The molecule has 1 heterocycles. The molecule has 0 aliphatic heterocycles. The minimum absolute atomic E-state index is 0.351. The smallest absolute Gasteiger partial charge is 0.329 e. The van der Waals surface area contributed by atoms with Gasteiger partial charge in [-0.3, -0.25) is 4.98 Å². The van der Waals surface area contributed by atoms with Gasteiger partial charge in [-0.1, -0.05) is 6.07 Å². The molecular formula is C13H19N3O3. The largest absolute Gasteiger partial charge is 0.480 e. The van der Waals surface area contributed by atoms with E-state index in [0.717, 1.165) is 5.56 Å². The summed E-state index contributed by atoms with van der Waals surface area (Å²) in [5.74, 6) is -1.04. The molecule has 0 aliphatic rings. The summed E-state index contributed by atoms with van der Waals surface area (Å²) in [5, 5.41) is 9.11. The van der Waals surface area contributed by atoms with E-state index in [1.807, 2.05) is 6.07 Å². The maximum atomic E-state index is 12.2. The van der Waals surface area contributed by atoms with Crippen molar-refractivity contribution in [2.24, 2.45) is 0 Å². The van der Waals surface area contributed by atoms with Crippen LogP contribution in [-0.4, -0.2) is 51.5 Å². The molecule has 0 radical (unpaired) electrons. The number of hydrogen-bond donors (Lipinski definition) is 1. The molecule has 0 saturated heterocycles. The molecule has 0 bridgehead atoms. The number of carbonyl (C=O) groups excluding carboxylic acids is 1. The number of amides is 2. The maximum Gasteiger partial charge on any atom is 0.329 e. The van der Waals surface area contributed by atoms with Gasteiger partial charge >= 0.3 is 12.0 Å². The number of rotatable bonds is 4. The second-order valence-electron chi connectivity index (χ2n) is 4.92. The van der Waals surface area contributed by atoms with Crippen LogP contribution in [0, 0.1) is 0 Å². The van der Waals surface area contributed by atoms with E-state index in [9.17, 15) is 9.59 Å². The Morgan fingerprint density at radius 1 is 1.37 bits per heavy atom. The average Bonchev–Trinajstić information content (AvgIpc) is 2.37. The van der Waals surface area contributed by atoms with Gasteiger partial charge in [0.25, 0.3) is 0 Å². The van der Waals surface area contributed by atoms with Gasteiger partial charge in [-0.15, -0.1) is 0 Å². The van der Waals surface area contributed by atoms with Crippen LogP contribution in [0.1, 0.15) is 19.4 Å². The highest BCUT2D eigenvalue weighted by Crippen LogP contribution is 2.15. The Bertz CT molecular complexity index is 459. The quantitative estimate of drug-likeness (QED) is 0.893. The number of carboxylic acids is 1. The molecule has 6 nitrogen and oxygen atoms in total. The van der Waals surface area contributed by atoms with E-state index in [1.165, 1.54) is 30.7 Å². The first-order valence-corrected chi connectivity index (χ1v) is 5.88. The molecule has 2 amide bonds. The van der Waals surface area contributed by atoms with Crippen LogP contribution in [-0.2, 0) is 11.3 Å². The van der Waals surface area contributed by atoms with Crippen LogP contribution in [0.4, 0.5) is 4.79 Å². The Balaban J connectivity index is 2.75. The second kappa shape index (κ2) is 5.69. The number of aliphatic carboxylic acids is 1. The van der Waals surface area contributed by atoms with E-state index >= 15 is 0 Å². The van der Waals surface area contributed by atoms with Crippen LogP contribution in [0.25, 0.3) is 0 Å². The van der Waals surface area contributed by atoms with Gasteiger partial charge < -0.3 is 14.9 Å². The molecule has 1 N–H and O–H groups in total. The predicted molar refractivity (Wildman–Crippen MR) is 70.6 cm³/mol. The lowest BCUT2D eigenvalue weighted by atomic mass is 10.0. The third-order valence-corrected chi connectivity index (χ3v) is 3.12. The molecule has 1 aromatic rings. The fourth-order valence-corrected chi connectivity index (χ4v) is 1.47. The molecule has 0 aromatic carbocycles. The zero-order valence-corrected chi connectivity index (χ0v) is 11.6. The summed E-state index contributed by atoms with van der Waals surface area (Å²) < 4.78 is 0. The van der Waals surface area contributed by atoms with E-state index in [-0.39, 0.29) is 6.03 Å². The van der Waals surface area contributed by atoms with Crippen LogP contribution in [0.3, 0.4) is 0 Å². The van der Waals surface area contributed by atoms with Crippen LogP contribution in [0.2, 0.25) is 0 Å². The summed E-state index contributed by atoms with van der Waals surface area (Å²) in [6, 6.07) is 3.30. The lowest BCUT2D eigenvalue weighted by Crippen LogP contribution is -2.54. The monoisotopic (exact) mass is 265 g/mol. The van der Waals surface area contributed by atoms with E-state index in [1.54, 1.807) is 25.5 Å². The van der Waals surface area contributed by atoms with E-state index in [4.69, 9.17) is 5.11 Å². The van der Waals surface area contributed by atoms with E-state index < -0.39 is 11.5 Å². The first-order valence-electron chi connectivity index (χ1n) is 5.88. The van der Waals surface area contributed by atoms with Crippen LogP contribution < -0.4 is 0 Å². The summed E-state index contributed by atoms with van der Waals surface area (Å²) in [6.45, 7) is 3.36. The number of carbonyl (C=O) groups is 2. The summed E-state index contributed by atoms with van der Waals surface area (Å²) in [4.78, 5) is 29.9. The number of hydrogen-bond acceptors (Lipinski definition) is 3. The molecule has 0 saturated carbocycles. The number of nitrogens with zero attached hydrogens (tertiary/aromatic N) is 3. The normalized spacial score (nSPS) is 10.9. The third kappa shape index (κ3) is 3.43. The van der Waals surface area contributed by atoms with Gasteiger partial charge in [0, 0.05) is 33.0 Å². The zero-order chi connectivity index (χ0) is 14.6. The predicted octanol–water partition coefficient (Wildman–Crippen LogP) is 1.43. The average molecular weight is 265 g/mol. The number of carboxylic acid groups (broad SMARTS) is 1. The number of aromatic nitrogens is 1. The van der Waals surface area contributed by atoms with E-state index in [0.29, 0.717) is 6.54 Å². The van der Waals surface area contributed by atoms with Gasteiger partial charge in [0.05, 0.1) is 0 Å². The first kappa shape index (κ1) is 14.9. The Kier molecular flexibility index (Phi) is 4.47. The van der Waals surface area contributed by atoms with Crippen molar-refractivity contribution in [2.75, 3.05) is 14.1 Å². The molecule has 0 unspecified atom stereocenters. The molecule has 0 fully saturated rings. The molecule has 19 heavy (non-hydrogen) atoms. The van der Waals surface area contributed by atoms with E-state index in [2.05, 4.69) is 4.98 Å². The summed E-state index contributed by atoms with van der Waals surface area (Å²) in [7, 11) is 3.11. The third-order valence-electron chi connectivity index (χ3n) is 3.12. The number of urea groups is 1. The number of likely N-dealkylation sites (N-methyl/N-ethyl adjacent to an activating group) is 1. The van der Waals surface area contributed by atoms with Gasteiger partial charge in [-0.2, -0.15) is 0 Å². The summed E-state index contributed by atoms with van der Waals surface area (Å²) in [5.41, 5.74) is -0.361. The van der Waals surface area contributed by atoms with Crippen molar-refractivity contribution in [1.29, 1.82) is 0 Å². The van der Waals surface area contributed by atoms with Crippen LogP contribution in [0.5, 0.6) is 0 Å². The van der Waals surface area contributed by atoms with Gasteiger partial charge in [-0.05, 0) is 25.5 Å². The SMILES string of the molecule is CN(Cc1cccnc1)C(=O)N(C)C(C)(C)C(=O)O. The Labute approximate surface area is 112 Å². The van der Waals surface area contributed by atoms with Crippen molar-refractivity contribution in [3.05, 3.63) is 30.1 Å². The molecule has 6 heteroatoms. The van der Waals surface area contributed by atoms with Gasteiger partial charge in [0.1, 0.15) is 5.54 Å². The fourth-order valence-electron chi connectivity index (χ4n) is 1.47. The highest BCUT2D eigenvalue weighted by molar-refractivity contribution is 5.85. The fraction of sp³-hybridized carbons (Fsp3) is 0.462. The van der Waals surface area contributed by atoms with Crippen LogP contribution in [0.15, 0.2) is 24.5 Å².